The van der Waals surface area contributed by atoms with E-state index in [9.17, 15) is 9.18 Å². The summed E-state index contributed by atoms with van der Waals surface area (Å²) in [7, 11) is 1.52. The van der Waals surface area contributed by atoms with Crippen molar-refractivity contribution in [3.05, 3.63) is 115 Å². The van der Waals surface area contributed by atoms with Crippen molar-refractivity contribution in [1.82, 2.24) is 25.1 Å². The van der Waals surface area contributed by atoms with Crippen molar-refractivity contribution in [2.24, 2.45) is 0 Å². The Hall–Kier alpha value is -5.83. The topological polar surface area (TPSA) is 109 Å². The van der Waals surface area contributed by atoms with Crippen LogP contribution < -0.4 is 10.1 Å². The van der Waals surface area contributed by atoms with Crippen molar-refractivity contribution >= 4 is 33.5 Å². The van der Waals surface area contributed by atoms with Crippen LogP contribution in [-0.4, -0.2) is 38.2 Å². The Balaban J connectivity index is 1.22. The fourth-order valence-electron chi connectivity index (χ4n) is 5.29. The minimum Gasteiger partial charge on any atom is -0.497 e. The summed E-state index contributed by atoms with van der Waals surface area (Å²) in [6.45, 7) is 0. The second-order valence-corrected chi connectivity index (χ2v) is 10.2. The zero-order valence-electron chi connectivity index (χ0n) is 23.1. The number of hydrogen-bond donors (Lipinski definition) is 3. The van der Waals surface area contributed by atoms with Gasteiger partial charge in [-0.05, 0) is 53.1 Å². The highest BCUT2D eigenvalue weighted by molar-refractivity contribution is 6.01. The van der Waals surface area contributed by atoms with Gasteiger partial charge in [0.15, 0.2) is 5.65 Å². The molecule has 7 rings (SSSR count). The van der Waals surface area contributed by atoms with E-state index >= 15 is 0 Å². The van der Waals surface area contributed by atoms with E-state index in [1.165, 1.54) is 19.2 Å². The van der Waals surface area contributed by atoms with Gasteiger partial charge in [-0.25, -0.2) is 9.37 Å². The molecule has 0 unspecified atom stereocenters. The average Bonchev–Trinajstić information content (AvgIpc) is 3.65. The molecule has 3 N–H and O–H groups in total. The van der Waals surface area contributed by atoms with Gasteiger partial charge in [-0.3, -0.25) is 14.9 Å². The van der Waals surface area contributed by atoms with Crippen molar-refractivity contribution in [3.8, 4) is 39.4 Å². The Morgan fingerprint density at radius 3 is 2.60 bits per heavy atom. The quantitative estimate of drug-likeness (QED) is 0.189. The third-order valence-electron chi connectivity index (χ3n) is 7.32. The third-order valence-corrected chi connectivity index (χ3v) is 7.32. The van der Waals surface area contributed by atoms with E-state index < -0.39 is 0 Å². The van der Waals surface area contributed by atoms with Gasteiger partial charge in [0.2, 0.25) is 5.91 Å². The molecule has 0 atom stereocenters. The standard InChI is InChI=1S/C34H25FN6O2/c1-43-26-13-21(11-24(35)15-26)27-8-5-9-30-28(27)16-31(39-30)33-29-14-23(18-37-34(29)41-40-33)22-12-25(19-36-17-22)38-32(42)10-20-6-3-2-4-7-20/h2-9,11-19,39H,10H2,1H3,(H,38,42)(H,37,40,41). The first kappa shape index (κ1) is 26.1. The van der Waals surface area contributed by atoms with Gasteiger partial charge >= 0.3 is 0 Å². The molecule has 9 heteroatoms. The molecule has 0 radical (unpaired) electrons. The number of carbonyl (C=O) groups is 1. The zero-order chi connectivity index (χ0) is 29.3. The van der Waals surface area contributed by atoms with Crippen LogP contribution in [0.1, 0.15) is 5.56 Å². The van der Waals surface area contributed by atoms with Gasteiger partial charge in [0.05, 0.1) is 36.8 Å². The van der Waals surface area contributed by atoms with E-state index in [4.69, 9.17) is 4.74 Å². The van der Waals surface area contributed by atoms with Crippen molar-refractivity contribution in [2.75, 3.05) is 12.4 Å². The van der Waals surface area contributed by atoms with Crippen LogP contribution in [0.3, 0.4) is 0 Å². The first-order valence-electron chi connectivity index (χ1n) is 13.6. The molecule has 4 aromatic heterocycles. The SMILES string of the molecule is COc1cc(F)cc(-c2cccc3[nH]c(-c4[nH]nc5ncc(-c6cncc(NC(=O)Cc7ccccc7)c6)cc45)cc23)c1. The molecule has 0 aliphatic heterocycles. The molecule has 43 heavy (non-hydrogen) atoms. The second-order valence-electron chi connectivity index (χ2n) is 10.2. The van der Waals surface area contributed by atoms with Gasteiger partial charge < -0.3 is 15.0 Å². The molecule has 8 nitrogen and oxygen atoms in total. The highest BCUT2D eigenvalue weighted by Gasteiger charge is 2.16. The van der Waals surface area contributed by atoms with Gasteiger partial charge in [0.25, 0.3) is 0 Å². The number of fused-ring (bicyclic) bond motifs is 2. The summed E-state index contributed by atoms with van der Waals surface area (Å²) < 4.78 is 19.6. The van der Waals surface area contributed by atoms with Crippen LogP contribution in [-0.2, 0) is 11.2 Å². The number of benzene rings is 3. The van der Waals surface area contributed by atoms with Crippen LogP contribution in [0, 0.1) is 5.82 Å². The Kier molecular flexibility index (Phi) is 6.59. The predicted octanol–water partition coefficient (Wildman–Crippen LogP) is 7.16. The number of methoxy groups -OCH3 is 1. The Morgan fingerprint density at radius 1 is 0.884 bits per heavy atom. The number of carbonyl (C=O) groups excluding carboxylic acids is 1. The first-order chi connectivity index (χ1) is 21.0. The number of nitrogens with one attached hydrogen (secondary N) is 3. The number of anilines is 1. The molecule has 0 fully saturated rings. The van der Waals surface area contributed by atoms with E-state index in [1.807, 2.05) is 72.8 Å². The number of aromatic nitrogens is 5. The number of hydrogen-bond acceptors (Lipinski definition) is 5. The number of amides is 1. The molecular weight excluding hydrogens is 543 g/mol. The summed E-state index contributed by atoms with van der Waals surface area (Å²) in [5, 5.41) is 12.2. The van der Waals surface area contributed by atoms with Crippen LogP contribution in [0.25, 0.3) is 55.6 Å². The summed E-state index contributed by atoms with van der Waals surface area (Å²) in [6.07, 6.45) is 5.37. The fourth-order valence-corrected chi connectivity index (χ4v) is 5.29. The number of pyridine rings is 2. The molecule has 0 aliphatic rings. The van der Waals surface area contributed by atoms with E-state index in [-0.39, 0.29) is 18.1 Å². The molecule has 0 aliphatic carbocycles. The summed E-state index contributed by atoms with van der Waals surface area (Å²) in [5.74, 6) is -0.0319. The van der Waals surface area contributed by atoms with E-state index in [0.717, 1.165) is 55.5 Å². The summed E-state index contributed by atoms with van der Waals surface area (Å²) in [5.41, 5.74) is 7.79. The normalized spacial score (nSPS) is 11.2. The van der Waals surface area contributed by atoms with E-state index in [1.54, 1.807) is 18.6 Å². The lowest BCUT2D eigenvalue weighted by Crippen LogP contribution is -2.14. The summed E-state index contributed by atoms with van der Waals surface area (Å²) in [4.78, 5) is 25.0. The Bertz CT molecular complexity index is 2120. The number of aromatic amines is 2. The lowest BCUT2D eigenvalue weighted by Gasteiger charge is -2.07. The maximum Gasteiger partial charge on any atom is 0.228 e. The third kappa shape index (κ3) is 5.19. The molecule has 0 bridgehead atoms. The molecule has 210 valence electrons. The molecule has 0 saturated heterocycles. The molecule has 3 aromatic carbocycles. The van der Waals surface area contributed by atoms with Crippen molar-refractivity contribution in [1.29, 1.82) is 0 Å². The predicted molar refractivity (Wildman–Crippen MR) is 165 cm³/mol. The maximum absolute atomic E-state index is 14.3. The van der Waals surface area contributed by atoms with Crippen LogP contribution >= 0.6 is 0 Å². The highest BCUT2D eigenvalue weighted by Crippen LogP contribution is 2.36. The number of rotatable bonds is 7. The maximum atomic E-state index is 14.3. The summed E-state index contributed by atoms with van der Waals surface area (Å²) >= 11 is 0. The van der Waals surface area contributed by atoms with Crippen LogP contribution in [0.2, 0.25) is 0 Å². The van der Waals surface area contributed by atoms with Gasteiger partial charge in [0, 0.05) is 45.9 Å². The monoisotopic (exact) mass is 568 g/mol. The van der Waals surface area contributed by atoms with E-state index in [2.05, 4.69) is 30.5 Å². The molecule has 0 saturated carbocycles. The number of nitrogens with zero attached hydrogens (tertiary/aromatic N) is 3. The number of H-pyrrole nitrogens is 2. The summed E-state index contributed by atoms with van der Waals surface area (Å²) in [6, 6.07) is 26.0. The fraction of sp³-hybridized carbons (Fsp3) is 0.0588. The molecular formula is C34H25FN6O2. The average molecular weight is 569 g/mol. The number of halogens is 1. The molecule has 1 amide bonds. The smallest absolute Gasteiger partial charge is 0.228 e. The van der Waals surface area contributed by atoms with Gasteiger partial charge in [-0.15, -0.1) is 0 Å². The van der Waals surface area contributed by atoms with Gasteiger partial charge in [-0.1, -0.05) is 42.5 Å². The van der Waals surface area contributed by atoms with Crippen molar-refractivity contribution in [3.63, 3.8) is 0 Å². The minimum absolute atomic E-state index is 0.120. The minimum atomic E-state index is -0.366. The number of ether oxygens (including phenoxy) is 1. The lowest BCUT2D eigenvalue weighted by molar-refractivity contribution is -0.115. The molecule has 7 aromatic rings. The van der Waals surface area contributed by atoms with Gasteiger partial charge in [-0.2, -0.15) is 5.10 Å². The van der Waals surface area contributed by atoms with Crippen molar-refractivity contribution < 1.29 is 13.9 Å². The molecule has 4 heterocycles. The van der Waals surface area contributed by atoms with Crippen LogP contribution in [0.5, 0.6) is 5.75 Å². The van der Waals surface area contributed by atoms with Crippen LogP contribution in [0.15, 0.2) is 104 Å². The van der Waals surface area contributed by atoms with Crippen molar-refractivity contribution in [2.45, 2.75) is 6.42 Å². The Labute approximate surface area is 245 Å². The highest BCUT2D eigenvalue weighted by atomic mass is 19.1. The van der Waals surface area contributed by atoms with Gasteiger partial charge in [0.1, 0.15) is 11.6 Å². The molecule has 0 spiro atoms. The largest absolute Gasteiger partial charge is 0.497 e. The second kappa shape index (κ2) is 10.9. The first-order valence-corrected chi connectivity index (χ1v) is 13.6. The lowest BCUT2D eigenvalue weighted by atomic mass is 10.0. The zero-order valence-corrected chi connectivity index (χ0v) is 23.1. The van der Waals surface area contributed by atoms with E-state index in [0.29, 0.717) is 17.1 Å². The van der Waals surface area contributed by atoms with Crippen LogP contribution in [0.4, 0.5) is 10.1 Å². The Morgan fingerprint density at radius 2 is 1.74 bits per heavy atom.